The number of hydrogen-bond donors (Lipinski definition) is 7. The van der Waals surface area contributed by atoms with Gasteiger partial charge in [0.05, 0.1) is 19.3 Å². The third-order valence-corrected chi connectivity index (χ3v) is 3.82. The van der Waals surface area contributed by atoms with Crippen LogP contribution in [-0.4, -0.2) is 76.4 Å². The Morgan fingerprint density at radius 3 is 1.65 bits per heavy atom. The smallest absolute Gasteiger partial charge is 0.326 e. The third-order valence-electron chi connectivity index (χ3n) is 3.82. The van der Waals surface area contributed by atoms with E-state index < -0.39 is 61.1 Å². The summed E-state index contributed by atoms with van der Waals surface area (Å²) in [5.41, 5.74) is 5.35. The summed E-state index contributed by atoms with van der Waals surface area (Å²) in [4.78, 5) is 47.0. The first-order valence-corrected chi connectivity index (χ1v) is 8.20. The van der Waals surface area contributed by atoms with Gasteiger partial charge in [0.2, 0.25) is 17.7 Å². The van der Waals surface area contributed by atoms with Gasteiger partial charge >= 0.3 is 5.97 Å². The van der Waals surface area contributed by atoms with Gasteiger partial charge in [-0.3, -0.25) is 14.4 Å². The van der Waals surface area contributed by atoms with Crippen molar-refractivity contribution in [2.24, 2.45) is 11.7 Å². The number of carbonyl (C=O) groups excluding carboxylic acids is 3. The van der Waals surface area contributed by atoms with E-state index in [1.54, 1.807) is 13.8 Å². The van der Waals surface area contributed by atoms with Crippen LogP contribution in [0.2, 0.25) is 0 Å². The number of amides is 3. The normalized spacial score (nSPS) is 16.5. The van der Waals surface area contributed by atoms with Crippen LogP contribution in [0.4, 0.5) is 0 Å². The van der Waals surface area contributed by atoms with Crippen molar-refractivity contribution in [1.82, 2.24) is 16.0 Å². The molecule has 150 valence electrons. The fourth-order valence-electron chi connectivity index (χ4n) is 1.90. The lowest BCUT2D eigenvalue weighted by Crippen LogP contribution is -2.59. The van der Waals surface area contributed by atoms with Crippen molar-refractivity contribution in [3.05, 3.63) is 0 Å². The van der Waals surface area contributed by atoms with Gasteiger partial charge in [0.1, 0.15) is 18.1 Å². The number of nitrogens with one attached hydrogen (secondary N) is 3. The van der Waals surface area contributed by atoms with Crippen LogP contribution in [0.15, 0.2) is 0 Å². The monoisotopic (exact) mass is 376 g/mol. The lowest BCUT2D eigenvalue weighted by molar-refractivity contribution is -0.144. The van der Waals surface area contributed by atoms with E-state index in [9.17, 15) is 34.5 Å². The van der Waals surface area contributed by atoms with E-state index in [0.717, 1.165) is 0 Å². The van der Waals surface area contributed by atoms with Crippen LogP contribution in [0.25, 0.3) is 0 Å². The topological polar surface area (TPSA) is 191 Å². The molecule has 5 unspecified atom stereocenters. The second-order valence-electron chi connectivity index (χ2n) is 5.99. The van der Waals surface area contributed by atoms with E-state index >= 15 is 0 Å². The van der Waals surface area contributed by atoms with Gasteiger partial charge in [-0.05, 0) is 12.8 Å². The second kappa shape index (κ2) is 11.4. The summed E-state index contributed by atoms with van der Waals surface area (Å²) in [7, 11) is 0. The zero-order valence-electron chi connectivity index (χ0n) is 15.1. The Morgan fingerprint density at radius 2 is 1.31 bits per heavy atom. The van der Waals surface area contributed by atoms with Crippen molar-refractivity contribution in [3.8, 4) is 0 Å². The molecule has 0 aromatic rings. The molecule has 0 aliphatic heterocycles. The third kappa shape index (κ3) is 7.33. The molecule has 26 heavy (non-hydrogen) atoms. The molecule has 0 aliphatic carbocycles. The number of carboxylic acids is 1. The lowest BCUT2D eigenvalue weighted by Gasteiger charge is -2.25. The Bertz CT molecular complexity index is 512. The molecule has 0 radical (unpaired) electrons. The van der Waals surface area contributed by atoms with E-state index in [2.05, 4.69) is 16.0 Å². The second-order valence-corrected chi connectivity index (χ2v) is 5.99. The molecule has 0 saturated carbocycles. The van der Waals surface area contributed by atoms with Gasteiger partial charge in [-0.15, -0.1) is 0 Å². The SMILES string of the molecule is CCC(C)C(NC(=O)C(CO)NC(=O)C(CO)NC(=O)C(C)N)C(=O)O. The van der Waals surface area contributed by atoms with Crippen molar-refractivity contribution in [1.29, 1.82) is 0 Å². The van der Waals surface area contributed by atoms with Crippen molar-refractivity contribution >= 4 is 23.7 Å². The van der Waals surface area contributed by atoms with Gasteiger partial charge in [-0.1, -0.05) is 20.3 Å². The zero-order chi connectivity index (χ0) is 20.4. The maximum Gasteiger partial charge on any atom is 0.326 e. The Labute approximate surface area is 151 Å². The highest BCUT2D eigenvalue weighted by Gasteiger charge is 2.31. The highest BCUT2D eigenvalue weighted by atomic mass is 16.4. The molecule has 3 amide bonds. The highest BCUT2D eigenvalue weighted by molar-refractivity contribution is 5.94. The molecule has 0 aromatic carbocycles. The number of aliphatic hydroxyl groups excluding tert-OH is 2. The Morgan fingerprint density at radius 1 is 0.885 bits per heavy atom. The minimum absolute atomic E-state index is 0.373. The fraction of sp³-hybridized carbons (Fsp3) is 0.733. The molecule has 0 aromatic heterocycles. The Kier molecular flexibility index (Phi) is 10.4. The van der Waals surface area contributed by atoms with Crippen molar-refractivity contribution in [2.75, 3.05) is 13.2 Å². The summed E-state index contributed by atoms with van der Waals surface area (Å²) in [6, 6.07) is -4.93. The summed E-state index contributed by atoms with van der Waals surface area (Å²) >= 11 is 0. The molecule has 0 aliphatic rings. The van der Waals surface area contributed by atoms with Crippen molar-refractivity contribution < 1.29 is 34.5 Å². The van der Waals surface area contributed by atoms with Gasteiger partial charge in [-0.2, -0.15) is 0 Å². The Hall–Kier alpha value is -2.24. The van der Waals surface area contributed by atoms with Crippen LogP contribution in [0.5, 0.6) is 0 Å². The van der Waals surface area contributed by atoms with Crippen LogP contribution in [0.3, 0.4) is 0 Å². The number of aliphatic carboxylic acids is 1. The van der Waals surface area contributed by atoms with Gasteiger partial charge in [0.25, 0.3) is 0 Å². The quantitative estimate of drug-likeness (QED) is 0.197. The summed E-state index contributed by atoms with van der Waals surface area (Å²) in [5.74, 6) is -4.13. The number of carbonyl (C=O) groups is 4. The highest BCUT2D eigenvalue weighted by Crippen LogP contribution is 2.08. The van der Waals surface area contributed by atoms with E-state index in [1.807, 2.05) is 0 Å². The number of rotatable bonds is 11. The molecule has 0 rings (SSSR count). The van der Waals surface area contributed by atoms with Gasteiger partial charge in [0, 0.05) is 0 Å². The minimum atomic E-state index is -1.45. The van der Waals surface area contributed by atoms with Gasteiger partial charge in [0.15, 0.2) is 0 Å². The molecule has 11 heteroatoms. The molecule has 0 spiro atoms. The summed E-state index contributed by atoms with van der Waals surface area (Å²) in [6.45, 7) is 3.22. The Balaban J connectivity index is 4.99. The van der Waals surface area contributed by atoms with Crippen LogP contribution < -0.4 is 21.7 Å². The van der Waals surface area contributed by atoms with Crippen LogP contribution in [0, 0.1) is 5.92 Å². The minimum Gasteiger partial charge on any atom is -0.480 e. The lowest BCUT2D eigenvalue weighted by atomic mass is 9.99. The van der Waals surface area contributed by atoms with E-state index in [-0.39, 0.29) is 5.92 Å². The van der Waals surface area contributed by atoms with E-state index in [0.29, 0.717) is 6.42 Å². The number of nitrogens with two attached hydrogens (primary N) is 1. The summed E-state index contributed by atoms with van der Waals surface area (Å²) in [5, 5.41) is 34.3. The number of hydrogen-bond acceptors (Lipinski definition) is 7. The zero-order valence-corrected chi connectivity index (χ0v) is 15.1. The van der Waals surface area contributed by atoms with E-state index in [4.69, 9.17) is 5.73 Å². The van der Waals surface area contributed by atoms with Crippen molar-refractivity contribution in [3.63, 3.8) is 0 Å². The van der Waals surface area contributed by atoms with Crippen LogP contribution in [0.1, 0.15) is 27.2 Å². The largest absolute Gasteiger partial charge is 0.480 e. The standard InChI is InChI=1S/C15H28N4O7/c1-4-7(2)11(15(25)26)19-14(24)10(6-21)18-13(23)9(5-20)17-12(22)8(3)16/h7-11,20-21H,4-6,16H2,1-3H3,(H,17,22)(H,18,23)(H,19,24)(H,25,26). The first-order chi connectivity index (χ1) is 12.1. The van der Waals surface area contributed by atoms with Crippen LogP contribution >= 0.6 is 0 Å². The molecule has 0 saturated heterocycles. The van der Waals surface area contributed by atoms with Crippen LogP contribution in [-0.2, 0) is 19.2 Å². The molecular weight excluding hydrogens is 348 g/mol. The number of aliphatic hydroxyl groups is 2. The first-order valence-electron chi connectivity index (χ1n) is 8.20. The maximum absolute atomic E-state index is 12.2. The average molecular weight is 376 g/mol. The summed E-state index contributed by atoms with van der Waals surface area (Å²) < 4.78 is 0. The predicted molar refractivity (Wildman–Crippen MR) is 90.7 cm³/mol. The molecule has 0 bridgehead atoms. The van der Waals surface area contributed by atoms with Gasteiger partial charge < -0.3 is 37.0 Å². The molecule has 11 nitrogen and oxygen atoms in total. The first kappa shape index (κ1) is 23.8. The van der Waals surface area contributed by atoms with Gasteiger partial charge in [-0.25, -0.2) is 4.79 Å². The maximum atomic E-state index is 12.2. The predicted octanol–water partition coefficient (Wildman–Crippen LogP) is -3.10. The van der Waals surface area contributed by atoms with Crippen molar-refractivity contribution in [2.45, 2.75) is 51.4 Å². The van der Waals surface area contributed by atoms with E-state index in [1.165, 1.54) is 6.92 Å². The number of carboxylic acid groups (broad SMARTS) is 1. The molecule has 0 fully saturated rings. The summed E-state index contributed by atoms with van der Waals surface area (Å²) in [6.07, 6.45) is 0.489. The molecule has 5 atom stereocenters. The fourth-order valence-corrected chi connectivity index (χ4v) is 1.90. The average Bonchev–Trinajstić information content (AvgIpc) is 2.60. The molecule has 8 N–H and O–H groups in total. The molecular formula is C15H28N4O7. The molecule has 0 heterocycles.